The number of hydrogen-bond donors (Lipinski definition) is 4. The summed E-state index contributed by atoms with van der Waals surface area (Å²) in [5.41, 5.74) is 12.3. The number of likely N-dealkylation sites (tertiary alicyclic amines) is 1. The number of nitrogen functional groups attached to an aromatic ring is 2. The molecule has 3 aromatic rings. The van der Waals surface area contributed by atoms with E-state index in [1.807, 2.05) is 0 Å². The molecule has 1 unspecified atom stereocenters. The molecule has 1 saturated heterocycles. The van der Waals surface area contributed by atoms with E-state index in [4.69, 9.17) is 17.3 Å². The quantitative estimate of drug-likeness (QED) is 0.316. The third kappa shape index (κ3) is 4.77. The smallest absolute Gasteiger partial charge is 0.396 e. The normalized spacial score (nSPS) is 15.9. The van der Waals surface area contributed by atoms with Crippen LogP contribution in [0.15, 0.2) is 30.6 Å². The number of carbonyl (C=O) groups excluding carboxylic acids is 1. The molecule has 1 amide bonds. The first-order valence-corrected chi connectivity index (χ1v) is 10.9. The summed E-state index contributed by atoms with van der Waals surface area (Å²) in [5, 5.41) is 11.0. The average Bonchev–Trinajstić information content (AvgIpc) is 2.82. The second-order valence-corrected chi connectivity index (χ2v) is 8.42. The van der Waals surface area contributed by atoms with Crippen LogP contribution in [0.25, 0.3) is 22.3 Å². The molecular formula is C22H25F3N8O2. The summed E-state index contributed by atoms with van der Waals surface area (Å²) >= 11 is 0. The molecule has 4 heterocycles. The number of fused-ring (bicyclic) bond motifs is 1. The van der Waals surface area contributed by atoms with Gasteiger partial charge >= 0.3 is 6.18 Å². The Labute approximate surface area is 198 Å². The lowest BCUT2D eigenvalue weighted by molar-refractivity contribution is -0.140. The number of amides is 1. The van der Waals surface area contributed by atoms with Crippen molar-refractivity contribution in [3.05, 3.63) is 36.2 Å². The molecule has 1 aliphatic heterocycles. The van der Waals surface area contributed by atoms with Crippen LogP contribution in [0.3, 0.4) is 0 Å². The zero-order valence-electron chi connectivity index (χ0n) is 18.8. The molecule has 0 aliphatic carbocycles. The number of piperidine rings is 1. The lowest BCUT2D eigenvalue weighted by Crippen LogP contribution is -2.51. The fourth-order valence-electron chi connectivity index (χ4n) is 4.15. The van der Waals surface area contributed by atoms with Crippen molar-refractivity contribution in [2.24, 2.45) is 5.84 Å². The molecule has 3 aromatic heterocycles. The number of anilines is 3. The Bertz CT molecular complexity index is 1260. The first-order chi connectivity index (χ1) is 16.5. The molecule has 4 rings (SSSR count). The number of aromatic nitrogens is 3. The van der Waals surface area contributed by atoms with Gasteiger partial charge in [0.15, 0.2) is 0 Å². The summed E-state index contributed by atoms with van der Waals surface area (Å²) in [4.78, 5) is 26.1. The number of hydrazine groups is 1. The summed E-state index contributed by atoms with van der Waals surface area (Å²) < 4.78 is 40.0. The number of carbonyl (C=O) groups is 1. The average molecular weight is 490 g/mol. The van der Waals surface area contributed by atoms with Gasteiger partial charge in [-0.1, -0.05) is 0 Å². The molecule has 1 aliphatic rings. The van der Waals surface area contributed by atoms with Crippen LogP contribution in [0.2, 0.25) is 0 Å². The molecular weight excluding hydrogens is 465 g/mol. The topological polar surface area (TPSA) is 161 Å². The predicted octanol–water partition coefficient (Wildman–Crippen LogP) is 1.93. The first-order valence-electron chi connectivity index (χ1n) is 10.9. The van der Waals surface area contributed by atoms with E-state index in [2.05, 4.69) is 15.0 Å². The molecule has 0 saturated carbocycles. The third-order valence-electron chi connectivity index (χ3n) is 6.02. The number of alkyl halides is 3. The summed E-state index contributed by atoms with van der Waals surface area (Å²) in [5.74, 6) is 5.50. The van der Waals surface area contributed by atoms with Gasteiger partial charge in [-0.3, -0.25) is 9.78 Å². The number of nitrogens with zero attached hydrogens (tertiary/aromatic N) is 5. The van der Waals surface area contributed by atoms with Gasteiger partial charge in [-0.05, 0) is 38.0 Å². The number of pyridine rings is 3. The van der Waals surface area contributed by atoms with Gasteiger partial charge in [0.2, 0.25) is 0 Å². The number of halogens is 3. The number of nitrogens with two attached hydrogens (primary N) is 3. The van der Waals surface area contributed by atoms with Crippen molar-refractivity contribution in [3.8, 4) is 11.3 Å². The van der Waals surface area contributed by atoms with Crippen LogP contribution < -0.4 is 22.3 Å². The molecule has 186 valence electrons. The summed E-state index contributed by atoms with van der Waals surface area (Å²) in [6.45, 7) is 2.23. The Morgan fingerprint density at radius 2 is 1.89 bits per heavy atom. The highest BCUT2D eigenvalue weighted by Gasteiger charge is 2.34. The van der Waals surface area contributed by atoms with Gasteiger partial charge < -0.3 is 26.5 Å². The minimum absolute atomic E-state index is 0.121. The zero-order valence-corrected chi connectivity index (χ0v) is 18.8. The SMILES string of the molecule is CC(O)C(=O)N1CCC(N(N)c2c(N)cnc3ccc(-c4cnc(N)c(C(F)(F)F)c4)nc23)CC1. The first kappa shape index (κ1) is 24.4. The molecule has 35 heavy (non-hydrogen) atoms. The van der Waals surface area contributed by atoms with E-state index in [9.17, 15) is 23.1 Å². The maximum atomic E-state index is 13.3. The van der Waals surface area contributed by atoms with E-state index < -0.39 is 23.7 Å². The zero-order chi connectivity index (χ0) is 25.5. The number of aliphatic hydroxyl groups is 1. The van der Waals surface area contributed by atoms with Gasteiger partial charge in [-0.25, -0.2) is 15.8 Å². The number of aliphatic hydroxyl groups excluding tert-OH is 1. The Hall–Kier alpha value is -3.71. The molecule has 1 fully saturated rings. The summed E-state index contributed by atoms with van der Waals surface area (Å²) in [6, 6.07) is 3.85. The van der Waals surface area contributed by atoms with E-state index in [1.54, 1.807) is 11.0 Å². The Kier molecular flexibility index (Phi) is 6.38. The van der Waals surface area contributed by atoms with Crippen LogP contribution in [0, 0.1) is 0 Å². The molecule has 1 atom stereocenters. The van der Waals surface area contributed by atoms with E-state index in [1.165, 1.54) is 30.4 Å². The fraction of sp³-hybridized carbons (Fsp3) is 0.364. The second kappa shape index (κ2) is 9.15. The summed E-state index contributed by atoms with van der Waals surface area (Å²) in [6.07, 6.45) is -2.04. The van der Waals surface area contributed by atoms with Gasteiger partial charge in [0, 0.05) is 30.9 Å². The molecule has 7 N–H and O–H groups in total. The van der Waals surface area contributed by atoms with Crippen LogP contribution in [0.1, 0.15) is 25.3 Å². The highest BCUT2D eigenvalue weighted by Crippen LogP contribution is 2.36. The minimum atomic E-state index is -4.67. The largest absolute Gasteiger partial charge is 0.419 e. The van der Waals surface area contributed by atoms with Gasteiger partial charge in [0.25, 0.3) is 5.91 Å². The van der Waals surface area contributed by atoms with Crippen molar-refractivity contribution in [2.45, 2.75) is 38.1 Å². The predicted molar refractivity (Wildman–Crippen MR) is 125 cm³/mol. The Morgan fingerprint density at radius 1 is 1.20 bits per heavy atom. The number of hydrogen-bond acceptors (Lipinski definition) is 9. The molecule has 0 bridgehead atoms. The minimum Gasteiger partial charge on any atom is -0.396 e. The molecule has 0 radical (unpaired) electrons. The number of rotatable bonds is 4. The van der Waals surface area contributed by atoms with Crippen LogP contribution in [-0.2, 0) is 11.0 Å². The molecule has 0 aromatic carbocycles. The maximum Gasteiger partial charge on any atom is 0.419 e. The van der Waals surface area contributed by atoms with E-state index in [-0.39, 0.29) is 28.9 Å². The van der Waals surface area contributed by atoms with Crippen molar-refractivity contribution < 1.29 is 23.1 Å². The van der Waals surface area contributed by atoms with Crippen molar-refractivity contribution in [2.75, 3.05) is 29.6 Å². The van der Waals surface area contributed by atoms with Crippen molar-refractivity contribution in [3.63, 3.8) is 0 Å². The molecule has 13 heteroatoms. The molecule has 0 spiro atoms. The van der Waals surface area contributed by atoms with E-state index in [0.29, 0.717) is 42.7 Å². The maximum absolute atomic E-state index is 13.3. The second-order valence-electron chi connectivity index (χ2n) is 8.42. The monoisotopic (exact) mass is 490 g/mol. The fourth-order valence-corrected chi connectivity index (χ4v) is 4.15. The van der Waals surface area contributed by atoms with Gasteiger partial charge in [-0.2, -0.15) is 13.2 Å². The van der Waals surface area contributed by atoms with Crippen LogP contribution in [0.4, 0.5) is 30.4 Å². The van der Waals surface area contributed by atoms with E-state index in [0.717, 1.165) is 6.07 Å². The van der Waals surface area contributed by atoms with Crippen molar-refractivity contribution >= 4 is 34.1 Å². The van der Waals surface area contributed by atoms with Crippen LogP contribution in [-0.4, -0.2) is 56.1 Å². The van der Waals surface area contributed by atoms with E-state index >= 15 is 0 Å². The van der Waals surface area contributed by atoms with Gasteiger partial charge in [0.1, 0.15) is 23.1 Å². The standard InChI is InChI=1S/C22H25F3N8O2/c1-11(34)21(35)32-6-4-13(5-7-32)33(28)19-15(26)10-29-17-3-2-16(31-18(17)19)12-8-14(22(23,24)25)20(27)30-9-12/h2-3,8-11,13,34H,4-7,26,28H2,1H3,(H2,27,30). The highest BCUT2D eigenvalue weighted by atomic mass is 19.4. The van der Waals surface area contributed by atoms with Crippen molar-refractivity contribution in [1.82, 2.24) is 19.9 Å². The lowest BCUT2D eigenvalue weighted by Gasteiger charge is -2.38. The Morgan fingerprint density at radius 3 is 2.51 bits per heavy atom. The lowest BCUT2D eigenvalue weighted by atomic mass is 10.0. The third-order valence-corrected chi connectivity index (χ3v) is 6.02. The van der Waals surface area contributed by atoms with Gasteiger partial charge in [0.05, 0.1) is 28.7 Å². The van der Waals surface area contributed by atoms with Crippen LogP contribution >= 0.6 is 0 Å². The van der Waals surface area contributed by atoms with Crippen LogP contribution in [0.5, 0.6) is 0 Å². The Balaban J connectivity index is 1.69. The summed E-state index contributed by atoms with van der Waals surface area (Å²) in [7, 11) is 0. The van der Waals surface area contributed by atoms with Crippen molar-refractivity contribution in [1.29, 1.82) is 0 Å². The van der Waals surface area contributed by atoms with Gasteiger partial charge in [-0.15, -0.1) is 0 Å². The highest BCUT2D eigenvalue weighted by molar-refractivity contribution is 5.95. The molecule has 10 nitrogen and oxygen atoms in total.